The summed E-state index contributed by atoms with van der Waals surface area (Å²) in [5, 5.41) is 12.8. The van der Waals surface area contributed by atoms with E-state index in [0.29, 0.717) is 0 Å². The number of aliphatic carboxylic acids is 1. The maximum Gasteiger partial charge on any atom is 0.328 e. The first-order valence-corrected chi connectivity index (χ1v) is 4.51. The van der Waals surface area contributed by atoms with Crippen LogP contribution in [0, 0.1) is 13.8 Å². The average molecular weight is 194 g/mol. The number of rotatable bonds is 3. The minimum Gasteiger partial charge on any atom is -0.478 e. The summed E-state index contributed by atoms with van der Waals surface area (Å²) in [6, 6.07) is 0. The summed E-state index contributed by atoms with van der Waals surface area (Å²) in [6.45, 7) is 6.61. The summed E-state index contributed by atoms with van der Waals surface area (Å²) in [5.74, 6) is -0.937. The van der Waals surface area contributed by atoms with Gasteiger partial charge in [0, 0.05) is 23.9 Å². The third-order valence-electron chi connectivity index (χ3n) is 2.13. The minimum absolute atomic E-state index is 0.799. The Labute approximate surface area is 82.9 Å². The molecular weight excluding hydrogens is 180 g/mol. The highest BCUT2D eigenvalue weighted by molar-refractivity contribution is 5.85. The van der Waals surface area contributed by atoms with Crippen molar-refractivity contribution in [3.8, 4) is 0 Å². The lowest BCUT2D eigenvalue weighted by atomic mass is 10.2. The molecule has 0 amide bonds. The lowest BCUT2D eigenvalue weighted by Gasteiger charge is -1.97. The molecule has 14 heavy (non-hydrogen) atoms. The largest absolute Gasteiger partial charge is 0.478 e. The van der Waals surface area contributed by atoms with Crippen molar-refractivity contribution < 1.29 is 9.90 Å². The molecule has 0 bridgehead atoms. The Morgan fingerprint density at radius 2 is 2.21 bits per heavy atom. The summed E-state index contributed by atoms with van der Waals surface area (Å²) >= 11 is 0. The van der Waals surface area contributed by atoms with E-state index in [4.69, 9.17) is 5.11 Å². The Kier molecular flexibility index (Phi) is 3.06. The maximum absolute atomic E-state index is 10.4. The molecule has 0 saturated heterocycles. The van der Waals surface area contributed by atoms with Crippen molar-refractivity contribution >= 4 is 12.0 Å². The molecule has 0 aliphatic heterocycles. The molecule has 1 rings (SSSR count). The van der Waals surface area contributed by atoms with Gasteiger partial charge in [-0.05, 0) is 26.8 Å². The van der Waals surface area contributed by atoms with E-state index in [1.807, 2.05) is 25.5 Å². The van der Waals surface area contributed by atoms with Gasteiger partial charge < -0.3 is 5.11 Å². The third-order valence-corrected chi connectivity index (χ3v) is 2.13. The first-order valence-electron chi connectivity index (χ1n) is 4.51. The molecule has 1 aromatic rings. The zero-order valence-electron chi connectivity index (χ0n) is 8.61. The van der Waals surface area contributed by atoms with Crippen LogP contribution in [0.1, 0.15) is 23.9 Å². The smallest absolute Gasteiger partial charge is 0.328 e. The van der Waals surface area contributed by atoms with Gasteiger partial charge >= 0.3 is 5.97 Å². The fourth-order valence-corrected chi connectivity index (χ4v) is 1.41. The van der Waals surface area contributed by atoms with E-state index in [1.165, 1.54) is 0 Å². The monoisotopic (exact) mass is 194 g/mol. The molecular formula is C10H14N2O2. The SMILES string of the molecule is CCn1nc(C)c(/C=C/C(=O)O)c1C. The first-order chi connectivity index (χ1) is 6.56. The highest BCUT2D eigenvalue weighted by Crippen LogP contribution is 2.14. The Balaban J connectivity index is 3.08. The van der Waals surface area contributed by atoms with Gasteiger partial charge in [-0.2, -0.15) is 5.10 Å². The lowest BCUT2D eigenvalue weighted by molar-refractivity contribution is -0.131. The van der Waals surface area contributed by atoms with E-state index in [0.717, 1.165) is 29.6 Å². The molecule has 76 valence electrons. The second kappa shape index (κ2) is 4.09. The molecule has 1 aromatic heterocycles. The fraction of sp³-hybridized carbons (Fsp3) is 0.400. The van der Waals surface area contributed by atoms with Crippen LogP contribution in [0.3, 0.4) is 0 Å². The summed E-state index contributed by atoms with van der Waals surface area (Å²) in [7, 11) is 0. The number of carboxylic acids is 1. The van der Waals surface area contributed by atoms with Gasteiger partial charge in [0.15, 0.2) is 0 Å². The Bertz CT molecular complexity index is 378. The number of carboxylic acid groups (broad SMARTS) is 1. The van der Waals surface area contributed by atoms with Gasteiger partial charge in [-0.1, -0.05) is 0 Å². The first kappa shape index (κ1) is 10.5. The zero-order valence-corrected chi connectivity index (χ0v) is 8.61. The number of aromatic nitrogens is 2. The number of hydrogen-bond donors (Lipinski definition) is 1. The summed E-state index contributed by atoms with van der Waals surface area (Å²) < 4.78 is 1.86. The second-order valence-corrected chi connectivity index (χ2v) is 3.07. The molecule has 1 heterocycles. The van der Waals surface area contributed by atoms with Gasteiger partial charge in [0.2, 0.25) is 0 Å². The van der Waals surface area contributed by atoms with E-state index in [2.05, 4.69) is 5.10 Å². The Morgan fingerprint density at radius 1 is 1.57 bits per heavy atom. The van der Waals surface area contributed by atoms with E-state index < -0.39 is 5.97 Å². The van der Waals surface area contributed by atoms with Crippen LogP contribution in [-0.4, -0.2) is 20.9 Å². The van der Waals surface area contributed by atoms with E-state index in [9.17, 15) is 4.79 Å². The van der Waals surface area contributed by atoms with Crippen molar-refractivity contribution in [2.45, 2.75) is 27.3 Å². The standard InChI is InChI=1S/C10H14N2O2/c1-4-12-8(3)9(7(2)11-12)5-6-10(13)14/h5-6H,4H2,1-3H3,(H,13,14)/b6-5+. The van der Waals surface area contributed by atoms with Gasteiger partial charge in [0.25, 0.3) is 0 Å². The van der Waals surface area contributed by atoms with Gasteiger partial charge in [-0.25, -0.2) is 4.79 Å². The molecule has 1 N–H and O–H groups in total. The molecule has 0 saturated carbocycles. The molecule has 0 unspecified atom stereocenters. The number of aryl methyl sites for hydroxylation is 2. The van der Waals surface area contributed by atoms with Crippen LogP contribution in [0.4, 0.5) is 0 Å². The molecule has 0 atom stereocenters. The van der Waals surface area contributed by atoms with E-state index >= 15 is 0 Å². The van der Waals surface area contributed by atoms with Gasteiger partial charge in [-0.3, -0.25) is 4.68 Å². The average Bonchev–Trinajstić information content (AvgIpc) is 2.39. The molecule has 0 aromatic carbocycles. The molecule has 4 heteroatoms. The fourth-order valence-electron chi connectivity index (χ4n) is 1.41. The van der Waals surface area contributed by atoms with E-state index in [-0.39, 0.29) is 0 Å². The molecule has 0 fully saturated rings. The molecule has 4 nitrogen and oxygen atoms in total. The van der Waals surface area contributed by atoms with Crippen molar-refractivity contribution in [3.63, 3.8) is 0 Å². The highest BCUT2D eigenvalue weighted by atomic mass is 16.4. The normalized spacial score (nSPS) is 11.1. The van der Waals surface area contributed by atoms with Crippen molar-refractivity contribution in [1.29, 1.82) is 0 Å². The summed E-state index contributed by atoms with van der Waals surface area (Å²) in [4.78, 5) is 10.4. The zero-order chi connectivity index (χ0) is 10.7. The minimum atomic E-state index is -0.937. The molecule has 0 aliphatic rings. The molecule has 0 spiro atoms. The third kappa shape index (κ3) is 2.02. The molecule has 0 aliphatic carbocycles. The summed E-state index contributed by atoms with van der Waals surface area (Å²) in [5.41, 5.74) is 2.76. The lowest BCUT2D eigenvalue weighted by Crippen LogP contribution is -1.98. The van der Waals surface area contributed by atoms with Crippen LogP contribution in [0.2, 0.25) is 0 Å². The predicted molar refractivity (Wildman–Crippen MR) is 54.0 cm³/mol. The quantitative estimate of drug-likeness (QED) is 0.744. The van der Waals surface area contributed by atoms with Gasteiger partial charge in [0.1, 0.15) is 0 Å². The van der Waals surface area contributed by atoms with Crippen molar-refractivity contribution in [1.82, 2.24) is 9.78 Å². The Morgan fingerprint density at radius 3 is 2.64 bits per heavy atom. The van der Waals surface area contributed by atoms with Crippen molar-refractivity contribution in [2.75, 3.05) is 0 Å². The number of hydrogen-bond acceptors (Lipinski definition) is 2. The van der Waals surface area contributed by atoms with Crippen molar-refractivity contribution in [3.05, 3.63) is 23.0 Å². The molecule has 0 radical (unpaired) electrons. The number of carbonyl (C=O) groups is 1. The van der Waals surface area contributed by atoms with Crippen LogP contribution in [0.5, 0.6) is 0 Å². The van der Waals surface area contributed by atoms with Crippen LogP contribution >= 0.6 is 0 Å². The van der Waals surface area contributed by atoms with Crippen LogP contribution in [-0.2, 0) is 11.3 Å². The van der Waals surface area contributed by atoms with E-state index in [1.54, 1.807) is 6.08 Å². The topological polar surface area (TPSA) is 55.1 Å². The Hall–Kier alpha value is -1.58. The summed E-state index contributed by atoms with van der Waals surface area (Å²) in [6.07, 6.45) is 2.73. The van der Waals surface area contributed by atoms with Crippen molar-refractivity contribution in [2.24, 2.45) is 0 Å². The van der Waals surface area contributed by atoms with Crippen LogP contribution in [0.25, 0.3) is 6.08 Å². The van der Waals surface area contributed by atoms with Gasteiger partial charge in [-0.15, -0.1) is 0 Å². The van der Waals surface area contributed by atoms with Crippen LogP contribution < -0.4 is 0 Å². The highest BCUT2D eigenvalue weighted by Gasteiger charge is 2.07. The number of nitrogens with zero attached hydrogens (tertiary/aromatic N) is 2. The second-order valence-electron chi connectivity index (χ2n) is 3.07. The maximum atomic E-state index is 10.4. The predicted octanol–water partition coefficient (Wildman–Crippen LogP) is 1.62. The van der Waals surface area contributed by atoms with Crippen LogP contribution in [0.15, 0.2) is 6.08 Å². The van der Waals surface area contributed by atoms with Gasteiger partial charge in [0.05, 0.1) is 5.69 Å².